The van der Waals surface area contributed by atoms with Gasteiger partial charge in [0.1, 0.15) is 0 Å². The molecule has 1 aliphatic rings. The van der Waals surface area contributed by atoms with Crippen molar-refractivity contribution in [1.82, 2.24) is 4.90 Å². The first-order valence-electron chi connectivity index (χ1n) is 10.7. The van der Waals surface area contributed by atoms with Crippen LogP contribution in [0.2, 0.25) is 0 Å². The molecule has 0 bridgehead atoms. The Morgan fingerprint density at radius 1 is 1.00 bits per heavy atom. The van der Waals surface area contributed by atoms with Gasteiger partial charge in [-0.2, -0.15) is 13.2 Å². The average molecular weight is 499 g/mol. The van der Waals surface area contributed by atoms with Crippen LogP contribution in [0.1, 0.15) is 16.7 Å². The highest BCUT2D eigenvalue weighted by Crippen LogP contribution is 2.40. The number of halogens is 3. The third-order valence-corrected chi connectivity index (χ3v) is 5.53. The molecule has 0 aromatic heterocycles. The smallest absolute Gasteiger partial charge is 0.475 e. The molecule has 4 rings (SSSR count). The van der Waals surface area contributed by atoms with Crippen molar-refractivity contribution in [3.05, 3.63) is 95.6 Å². The Labute approximate surface area is 205 Å². The maximum Gasteiger partial charge on any atom is 0.490 e. The summed E-state index contributed by atoms with van der Waals surface area (Å²) in [4.78, 5) is 28.3. The van der Waals surface area contributed by atoms with Crippen LogP contribution in [0, 0.1) is 0 Å². The molecule has 0 saturated carbocycles. The van der Waals surface area contributed by atoms with Crippen molar-refractivity contribution in [2.75, 3.05) is 14.2 Å². The molecule has 0 spiro atoms. The molecule has 1 atom stereocenters. The summed E-state index contributed by atoms with van der Waals surface area (Å²) in [5.74, 6) is -2.70. The number of rotatable bonds is 5. The molecule has 36 heavy (non-hydrogen) atoms. The van der Waals surface area contributed by atoms with Gasteiger partial charge >= 0.3 is 12.1 Å². The van der Waals surface area contributed by atoms with Crippen molar-refractivity contribution in [3.63, 3.8) is 0 Å². The van der Waals surface area contributed by atoms with Crippen LogP contribution in [0.3, 0.4) is 0 Å². The molecule has 1 unspecified atom stereocenters. The van der Waals surface area contributed by atoms with Crippen LogP contribution in [-0.2, 0) is 26.5 Å². The lowest BCUT2D eigenvalue weighted by atomic mass is 9.81. The van der Waals surface area contributed by atoms with Crippen LogP contribution >= 0.6 is 0 Å². The second kappa shape index (κ2) is 10.6. The van der Waals surface area contributed by atoms with E-state index in [1.165, 1.54) is 4.90 Å². The van der Waals surface area contributed by atoms with Crippen LogP contribution in [-0.4, -0.2) is 48.2 Å². The molecule has 3 N–H and O–H groups in total. The van der Waals surface area contributed by atoms with E-state index in [0.29, 0.717) is 6.61 Å². The van der Waals surface area contributed by atoms with E-state index in [9.17, 15) is 18.0 Å². The van der Waals surface area contributed by atoms with Gasteiger partial charge < -0.3 is 15.6 Å². The number of benzene rings is 3. The predicted molar refractivity (Wildman–Crippen MR) is 128 cm³/mol. The number of carbonyl (C=O) groups is 2. The van der Waals surface area contributed by atoms with Gasteiger partial charge in [-0.1, -0.05) is 66.7 Å². The summed E-state index contributed by atoms with van der Waals surface area (Å²) in [5.41, 5.74) is 9.62. The number of carbonyl (C=O) groups excluding carboxylic acids is 1. The zero-order chi connectivity index (χ0) is 26.5. The number of nitrogens with zero attached hydrogens (tertiary/aromatic N) is 2. The van der Waals surface area contributed by atoms with E-state index >= 15 is 0 Å². The summed E-state index contributed by atoms with van der Waals surface area (Å²) in [6.07, 6.45) is -5.08. The molecule has 7 nitrogen and oxygen atoms in total. The zero-order valence-electron chi connectivity index (χ0n) is 19.5. The van der Waals surface area contributed by atoms with Gasteiger partial charge in [0.2, 0.25) is 0 Å². The normalized spacial score (nSPS) is 17.3. The van der Waals surface area contributed by atoms with Gasteiger partial charge in [-0.25, -0.2) is 9.79 Å². The maximum absolute atomic E-state index is 13.3. The minimum absolute atomic E-state index is 0.161. The average Bonchev–Trinajstić information content (AvgIpc) is 3.09. The molecule has 188 valence electrons. The minimum atomic E-state index is -5.08. The number of aliphatic carboxylic acids is 1. The standard InChI is InChI=1S/C24H23N3O2.C2HF3O2/c1-27-22(28)24(26-23(27)25,20-11-4-3-5-12-20)21-13-7-10-19(15-21)18-9-6-8-17(14-18)16-29-2;3-2(4,5)1(6)7/h3-15H,16H2,1-2H3,(H2,25,26);(H,6,7). The fraction of sp³-hybridized carbons (Fsp3) is 0.192. The van der Waals surface area contributed by atoms with E-state index in [2.05, 4.69) is 11.1 Å². The van der Waals surface area contributed by atoms with Gasteiger partial charge in [0.05, 0.1) is 6.61 Å². The molecule has 1 heterocycles. The van der Waals surface area contributed by atoms with E-state index < -0.39 is 17.7 Å². The van der Waals surface area contributed by atoms with E-state index in [1.54, 1.807) is 14.2 Å². The van der Waals surface area contributed by atoms with Gasteiger partial charge in [0, 0.05) is 14.2 Å². The fourth-order valence-electron chi connectivity index (χ4n) is 3.79. The molecule has 10 heteroatoms. The quantitative estimate of drug-likeness (QED) is 0.549. The van der Waals surface area contributed by atoms with Crippen LogP contribution in [0.4, 0.5) is 13.2 Å². The molecule has 1 amide bonds. The topological polar surface area (TPSA) is 105 Å². The summed E-state index contributed by atoms with van der Waals surface area (Å²) in [5, 5.41) is 7.12. The first-order valence-corrected chi connectivity index (χ1v) is 10.7. The number of alkyl halides is 3. The van der Waals surface area contributed by atoms with Gasteiger partial charge in [-0.05, 0) is 39.9 Å². The summed E-state index contributed by atoms with van der Waals surface area (Å²) in [7, 11) is 3.34. The van der Waals surface area contributed by atoms with Gasteiger partial charge in [-0.15, -0.1) is 0 Å². The molecular formula is C26H24F3N3O4. The lowest BCUT2D eigenvalue weighted by molar-refractivity contribution is -0.192. The van der Waals surface area contributed by atoms with Crippen molar-refractivity contribution >= 4 is 17.8 Å². The number of ether oxygens (including phenoxy) is 1. The Hall–Kier alpha value is -4.18. The maximum atomic E-state index is 13.3. The fourth-order valence-corrected chi connectivity index (χ4v) is 3.79. The van der Waals surface area contributed by atoms with Crippen LogP contribution < -0.4 is 5.73 Å². The van der Waals surface area contributed by atoms with Crippen molar-refractivity contribution in [1.29, 1.82) is 0 Å². The van der Waals surface area contributed by atoms with Crippen molar-refractivity contribution < 1.29 is 32.6 Å². The van der Waals surface area contributed by atoms with Crippen molar-refractivity contribution in [2.24, 2.45) is 10.7 Å². The van der Waals surface area contributed by atoms with E-state index in [4.69, 9.17) is 20.4 Å². The van der Waals surface area contributed by atoms with Crippen LogP contribution in [0.25, 0.3) is 11.1 Å². The van der Waals surface area contributed by atoms with E-state index in [0.717, 1.165) is 27.8 Å². The molecule has 1 aliphatic heterocycles. The number of methoxy groups -OCH3 is 1. The Morgan fingerprint density at radius 2 is 1.56 bits per heavy atom. The zero-order valence-corrected chi connectivity index (χ0v) is 19.5. The second-order valence-electron chi connectivity index (χ2n) is 7.93. The van der Waals surface area contributed by atoms with E-state index in [1.807, 2.05) is 72.8 Å². The van der Waals surface area contributed by atoms with E-state index in [-0.39, 0.29) is 11.9 Å². The third-order valence-electron chi connectivity index (χ3n) is 5.53. The Morgan fingerprint density at radius 3 is 2.08 bits per heavy atom. The summed E-state index contributed by atoms with van der Waals surface area (Å²) in [6.45, 7) is 0.547. The summed E-state index contributed by atoms with van der Waals surface area (Å²) in [6, 6.07) is 25.7. The van der Waals surface area contributed by atoms with Crippen molar-refractivity contribution in [3.8, 4) is 11.1 Å². The summed E-state index contributed by atoms with van der Waals surface area (Å²) >= 11 is 0. The minimum Gasteiger partial charge on any atom is -0.475 e. The van der Waals surface area contributed by atoms with Crippen LogP contribution in [0.5, 0.6) is 0 Å². The number of hydrogen-bond donors (Lipinski definition) is 2. The molecule has 0 radical (unpaired) electrons. The number of hydrogen-bond acceptors (Lipinski definition) is 5. The Bertz CT molecular complexity index is 1280. The predicted octanol–water partition coefficient (Wildman–Crippen LogP) is 4.16. The van der Waals surface area contributed by atoms with Crippen LogP contribution in [0.15, 0.2) is 83.9 Å². The molecule has 0 fully saturated rings. The molecule has 3 aromatic carbocycles. The summed E-state index contributed by atoms with van der Waals surface area (Å²) < 4.78 is 37.0. The van der Waals surface area contributed by atoms with Crippen molar-refractivity contribution in [2.45, 2.75) is 18.3 Å². The largest absolute Gasteiger partial charge is 0.490 e. The first kappa shape index (κ1) is 26.4. The highest BCUT2D eigenvalue weighted by molar-refractivity contribution is 6.09. The highest BCUT2D eigenvalue weighted by Gasteiger charge is 2.49. The number of aliphatic imine (C=N–C) groups is 1. The molecule has 0 aliphatic carbocycles. The Balaban J connectivity index is 0.000000454. The molecular weight excluding hydrogens is 475 g/mol. The number of guanidine groups is 1. The number of carboxylic acids is 1. The molecule has 3 aromatic rings. The van der Waals surface area contributed by atoms with Gasteiger partial charge in [0.25, 0.3) is 5.91 Å². The third kappa shape index (κ3) is 5.38. The number of carboxylic acid groups (broad SMARTS) is 1. The monoisotopic (exact) mass is 499 g/mol. The lowest BCUT2D eigenvalue weighted by Crippen LogP contribution is -2.41. The van der Waals surface area contributed by atoms with Gasteiger partial charge in [0.15, 0.2) is 11.5 Å². The number of likely N-dealkylation sites (N-methyl/N-ethyl adjacent to an activating group) is 1. The van der Waals surface area contributed by atoms with Gasteiger partial charge in [-0.3, -0.25) is 9.69 Å². The lowest BCUT2D eigenvalue weighted by Gasteiger charge is -2.26. The highest BCUT2D eigenvalue weighted by atomic mass is 19.4. The Kier molecular flexibility index (Phi) is 7.79. The number of nitrogens with two attached hydrogens (primary N) is 1. The SMILES string of the molecule is COCc1cccc(-c2cccc(C3(c4ccccc4)N=C(N)N(C)C3=O)c2)c1.O=C(O)C(F)(F)F. The first-order chi connectivity index (χ1) is 17.0. The number of amides is 1. The second-order valence-corrected chi connectivity index (χ2v) is 7.93. The molecule has 0 saturated heterocycles.